The number of ether oxygens (including phenoxy) is 2. The minimum absolute atomic E-state index is 0.349. The van der Waals surface area contributed by atoms with Crippen molar-refractivity contribution in [2.75, 3.05) is 33.5 Å². The van der Waals surface area contributed by atoms with Gasteiger partial charge in [0.05, 0.1) is 0 Å². The molecule has 2 rings (SSSR count). The fourth-order valence-corrected chi connectivity index (χ4v) is 2.73. The molecule has 0 fully saturated rings. The monoisotopic (exact) mass is 292 g/mol. The summed E-state index contributed by atoms with van der Waals surface area (Å²) in [5.41, 5.74) is 6.90. The molecule has 4 nitrogen and oxygen atoms in total. The van der Waals surface area contributed by atoms with E-state index in [1.807, 2.05) is 6.07 Å². The molecule has 0 spiro atoms. The van der Waals surface area contributed by atoms with Gasteiger partial charge in [0, 0.05) is 0 Å². The maximum atomic E-state index is 5.56. The summed E-state index contributed by atoms with van der Waals surface area (Å²) in [6.45, 7) is 5.64. The molecule has 1 aliphatic heterocycles. The van der Waals surface area contributed by atoms with Crippen LogP contribution in [0.1, 0.15) is 31.7 Å². The number of hydrogen-bond acceptors (Lipinski definition) is 4. The zero-order valence-corrected chi connectivity index (χ0v) is 13.3. The first kappa shape index (κ1) is 16.1. The number of fused-ring (bicyclic) bond motifs is 1. The predicted molar refractivity (Wildman–Crippen MR) is 85.8 cm³/mol. The molecule has 1 aliphatic rings. The lowest BCUT2D eigenvalue weighted by molar-refractivity contribution is 0.174. The second kappa shape index (κ2) is 8.25. The van der Waals surface area contributed by atoms with Crippen LogP contribution < -0.4 is 15.2 Å². The highest BCUT2D eigenvalue weighted by atomic mass is 16.7. The molecule has 0 saturated heterocycles. The number of nitrogens with two attached hydrogens (primary N) is 1. The summed E-state index contributed by atoms with van der Waals surface area (Å²) < 4.78 is 10.8. The molecule has 21 heavy (non-hydrogen) atoms. The van der Waals surface area contributed by atoms with Crippen LogP contribution in [0, 0.1) is 5.92 Å². The first-order valence-corrected chi connectivity index (χ1v) is 8.00. The Balaban J connectivity index is 1.81. The van der Waals surface area contributed by atoms with E-state index in [1.54, 1.807) is 0 Å². The first-order chi connectivity index (χ1) is 10.2. The van der Waals surface area contributed by atoms with Gasteiger partial charge in [-0.05, 0) is 69.6 Å². The van der Waals surface area contributed by atoms with Gasteiger partial charge >= 0.3 is 0 Å². The Morgan fingerprint density at radius 3 is 2.81 bits per heavy atom. The van der Waals surface area contributed by atoms with E-state index < -0.39 is 0 Å². The fourth-order valence-electron chi connectivity index (χ4n) is 2.73. The van der Waals surface area contributed by atoms with Gasteiger partial charge in [-0.3, -0.25) is 0 Å². The van der Waals surface area contributed by atoms with E-state index in [1.165, 1.54) is 18.4 Å². The summed E-state index contributed by atoms with van der Waals surface area (Å²) in [6.07, 6.45) is 4.62. The summed E-state index contributed by atoms with van der Waals surface area (Å²) >= 11 is 0. The SMILES string of the molecule is CC[C@H](CCN(C)CCCN)Cc1ccc2c(c1)OCO2. The van der Waals surface area contributed by atoms with Crippen LogP contribution in [0.25, 0.3) is 0 Å². The summed E-state index contributed by atoms with van der Waals surface area (Å²) in [6, 6.07) is 6.31. The van der Waals surface area contributed by atoms with Crippen molar-refractivity contribution in [1.82, 2.24) is 4.90 Å². The Bertz CT molecular complexity index is 437. The molecular formula is C17H28N2O2. The molecule has 1 aromatic carbocycles. The van der Waals surface area contributed by atoms with Gasteiger partial charge in [-0.1, -0.05) is 19.4 Å². The van der Waals surface area contributed by atoms with Crippen LogP contribution in [0.15, 0.2) is 18.2 Å². The third-order valence-electron chi connectivity index (χ3n) is 4.20. The van der Waals surface area contributed by atoms with E-state index in [2.05, 4.69) is 31.0 Å². The number of nitrogens with zero attached hydrogens (tertiary/aromatic N) is 1. The first-order valence-electron chi connectivity index (χ1n) is 8.00. The lowest BCUT2D eigenvalue weighted by Crippen LogP contribution is -2.25. The average Bonchev–Trinajstić information content (AvgIpc) is 2.96. The molecule has 2 N–H and O–H groups in total. The van der Waals surface area contributed by atoms with Crippen molar-refractivity contribution in [1.29, 1.82) is 0 Å². The largest absolute Gasteiger partial charge is 0.454 e. The van der Waals surface area contributed by atoms with Crippen LogP contribution in [0.3, 0.4) is 0 Å². The van der Waals surface area contributed by atoms with Crippen molar-refractivity contribution in [2.45, 2.75) is 32.6 Å². The molecule has 0 aromatic heterocycles. The molecule has 4 heteroatoms. The Kier molecular flexibility index (Phi) is 6.33. The van der Waals surface area contributed by atoms with Gasteiger partial charge in [0.2, 0.25) is 6.79 Å². The molecule has 118 valence electrons. The van der Waals surface area contributed by atoms with Gasteiger partial charge < -0.3 is 20.1 Å². The van der Waals surface area contributed by atoms with Gasteiger partial charge in [-0.2, -0.15) is 0 Å². The Morgan fingerprint density at radius 1 is 1.24 bits per heavy atom. The molecule has 1 atom stereocenters. The highest BCUT2D eigenvalue weighted by Gasteiger charge is 2.15. The van der Waals surface area contributed by atoms with E-state index in [0.29, 0.717) is 12.7 Å². The standard InChI is InChI=1S/C17H28N2O2/c1-3-14(7-10-19(2)9-4-8-18)11-15-5-6-16-17(12-15)21-13-20-16/h5-6,12,14H,3-4,7-11,13,18H2,1-2H3/t14-/m1/s1. The van der Waals surface area contributed by atoms with Crippen molar-refractivity contribution in [3.8, 4) is 11.5 Å². The van der Waals surface area contributed by atoms with Crippen molar-refractivity contribution in [3.63, 3.8) is 0 Å². The van der Waals surface area contributed by atoms with E-state index in [-0.39, 0.29) is 0 Å². The van der Waals surface area contributed by atoms with Crippen molar-refractivity contribution < 1.29 is 9.47 Å². The normalized spacial score (nSPS) is 14.7. The summed E-state index contributed by atoms with van der Waals surface area (Å²) in [4.78, 5) is 2.38. The molecule has 0 radical (unpaired) electrons. The number of hydrogen-bond donors (Lipinski definition) is 1. The van der Waals surface area contributed by atoms with E-state index in [9.17, 15) is 0 Å². The molecule has 0 saturated carbocycles. The van der Waals surface area contributed by atoms with Crippen LogP contribution in [0.5, 0.6) is 11.5 Å². The van der Waals surface area contributed by atoms with E-state index in [4.69, 9.17) is 15.2 Å². The Morgan fingerprint density at radius 2 is 2.05 bits per heavy atom. The molecule has 1 heterocycles. The molecule has 0 amide bonds. The van der Waals surface area contributed by atoms with Crippen molar-refractivity contribution in [2.24, 2.45) is 11.7 Å². The lowest BCUT2D eigenvalue weighted by Gasteiger charge is -2.21. The molecule has 0 unspecified atom stereocenters. The Labute approximate surface area is 128 Å². The fraction of sp³-hybridized carbons (Fsp3) is 0.647. The average molecular weight is 292 g/mol. The van der Waals surface area contributed by atoms with Gasteiger partial charge in [-0.15, -0.1) is 0 Å². The Hall–Kier alpha value is -1.26. The van der Waals surface area contributed by atoms with Crippen LogP contribution >= 0.6 is 0 Å². The third kappa shape index (κ3) is 4.90. The van der Waals surface area contributed by atoms with E-state index in [0.717, 1.165) is 44.0 Å². The van der Waals surface area contributed by atoms with Crippen LogP contribution in [0.4, 0.5) is 0 Å². The van der Waals surface area contributed by atoms with E-state index >= 15 is 0 Å². The van der Waals surface area contributed by atoms with Crippen LogP contribution in [-0.4, -0.2) is 38.4 Å². The second-order valence-electron chi connectivity index (χ2n) is 5.90. The highest BCUT2D eigenvalue weighted by Crippen LogP contribution is 2.33. The van der Waals surface area contributed by atoms with Gasteiger partial charge in [0.15, 0.2) is 11.5 Å². The van der Waals surface area contributed by atoms with Crippen LogP contribution in [0.2, 0.25) is 0 Å². The highest BCUT2D eigenvalue weighted by molar-refractivity contribution is 5.44. The predicted octanol–water partition coefficient (Wildman–Crippen LogP) is 2.65. The van der Waals surface area contributed by atoms with Gasteiger partial charge in [-0.25, -0.2) is 0 Å². The quantitative estimate of drug-likeness (QED) is 0.760. The topological polar surface area (TPSA) is 47.7 Å². The minimum atomic E-state index is 0.349. The van der Waals surface area contributed by atoms with Crippen molar-refractivity contribution >= 4 is 0 Å². The smallest absolute Gasteiger partial charge is 0.231 e. The zero-order valence-electron chi connectivity index (χ0n) is 13.3. The van der Waals surface area contributed by atoms with Crippen molar-refractivity contribution in [3.05, 3.63) is 23.8 Å². The molecule has 1 aromatic rings. The maximum absolute atomic E-state index is 5.56. The maximum Gasteiger partial charge on any atom is 0.231 e. The molecule has 0 bridgehead atoms. The summed E-state index contributed by atoms with van der Waals surface area (Å²) in [5, 5.41) is 0. The number of benzene rings is 1. The molecule has 0 aliphatic carbocycles. The summed E-state index contributed by atoms with van der Waals surface area (Å²) in [7, 11) is 2.18. The van der Waals surface area contributed by atoms with Gasteiger partial charge in [0.25, 0.3) is 0 Å². The minimum Gasteiger partial charge on any atom is -0.454 e. The molecular weight excluding hydrogens is 264 g/mol. The summed E-state index contributed by atoms with van der Waals surface area (Å²) in [5.74, 6) is 2.47. The van der Waals surface area contributed by atoms with Gasteiger partial charge in [0.1, 0.15) is 0 Å². The third-order valence-corrected chi connectivity index (χ3v) is 4.20. The second-order valence-corrected chi connectivity index (χ2v) is 5.90. The number of rotatable bonds is 9. The zero-order chi connectivity index (χ0) is 15.1. The van der Waals surface area contributed by atoms with Crippen LogP contribution in [-0.2, 0) is 6.42 Å². The lowest BCUT2D eigenvalue weighted by atomic mass is 9.93.